The standard InChI is InChI=1S/C27H31ClN4O4S/c1-31(11-10-19-6-9-22(34-2)23(16-19)35-3)25-17-24(28)29-27(30-25)37-18-20-4-7-21(8-5-20)26(33)32-12-14-36-15-13-32/h4-9,16-17H,10-15,18H2,1-3H3. The average molecular weight is 543 g/mol. The Kier molecular flexibility index (Phi) is 9.49. The zero-order valence-corrected chi connectivity index (χ0v) is 22.8. The summed E-state index contributed by atoms with van der Waals surface area (Å²) in [5.41, 5.74) is 2.90. The lowest BCUT2D eigenvalue weighted by Crippen LogP contribution is -2.40. The van der Waals surface area contributed by atoms with E-state index in [9.17, 15) is 4.79 Å². The number of ether oxygens (including phenoxy) is 3. The topological polar surface area (TPSA) is 77.0 Å². The number of hydrogen-bond acceptors (Lipinski definition) is 8. The third-order valence-electron chi connectivity index (χ3n) is 6.10. The second-order valence-electron chi connectivity index (χ2n) is 8.58. The molecule has 0 radical (unpaired) electrons. The van der Waals surface area contributed by atoms with Gasteiger partial charge in [-0.25, -0.2) is 9.97 Å². The Bertz CT molecular complexity index is 1210. The number of benzene rings is 2. The van der Waals surface area contributed by atoms with Crippen LogP contribution in [0.2, 0.25) is 5.15 Å². The molecule has 1 aromatic heterocycles. The number of carbonyl (C=O) groups excluding carboxylic acids is 1. The van der Waals surface area contributed by atoms with E-state index in [2.05, 4.69) is 9.88 Å². The number of methoxy groups -OCH3 is 2. The number of anilines is 1. The molecule has 37 heavy (non-hydrogen) atoms. The summed E-state index contributed by atoms with van der Waals surface area (Å²) in [6.07, 6.45) is 0.802. The van der Waals surface area contributed by atoms with Gasteiger partial charge in [0.2, 0.25) is 0 Å². The molecule has 0 aliphatic carbocycles. The molecular weight excluding hydrogens is 512 g/mol. The molecule has 0 spiro atoms. The molecule has 0 unspecified atom stereocenters. The van der Waals surface area contributed by atoms with Gasteiger partial charge in [0.15, 0.2) is 16.7 Å². The Hall–Kier alpha value is -3.01. The Balaban J connectivity index is 1.34. The molecule has 0 bridgehead atoms. The summed E-state index contributed by atoms with van der Waals surface area (Å²) in [6, 6.07) is 15.4. The number of carbonyl (C=O) groups is 1. The molecule has 1 aliphatic rings. The minimum atomic E-state index is 0.0430. The summed E-state index contributed by atoms with van der Waals surface area (Å²) >= 11 is 7.83. The van der Waals surface area contributed by atoms with E-state index in [-0.39, 0.29) is 5.91 Å². The maximum Gasteiger partial charge on any atom is 0.254 e. The first-order chi connectivity index (χ1) is 18.0. The minimum absolute atomic E-state index is 0.0430. The number of amides is 1. The predicted molar refractivity (Wildman–Crippen MR) is 146 cm³/mol. The second-order valence-corrected chi connectivity index (χ2v) is 9.91. The largest absolute Gasteiger partial charge is 0.493 e. The quantitative estimate of drug-likeness (QED) is 0.209. The van der Waals surface area contributed by atoms with Crippen LogP contribution in [0.4, 0.5) is 5.82 Å². The van der Waals surface area contributed by atoms with E-state index in [1.165, 1.54) is 11.8 Å². The van der Waals surface area contributed by atoms with Gasteiger partial charge in [-0.05, 0) is 41.8 Å². The van der Waals surface area contributed by atoms with E-state index in [1.54, 1.807) is 20.3 Å². The molecule has 1 amide bonds. The van der Waals surface area contributed by atoms with Gasteiger partial charge in [0.25, 0.3) is 5.91 Å². The predicted octanol–water partition coefficient (Wildman–Crippen LogP) is 4.59. The highest BCUT2D eigenvalue weighted by atomic mass is 35.5. The van der Waals surface area contributed by atoms with Crippen molar-refractivity contribution in [2.45, 2.75) is 17.3 Å². The van der Waals surface area contributed by atoms with Crippen molar-refractivity contribution >= 4 is 35.1 Å². The lowest BCUT2D eigenvalue weighted by atomic mass is 10.1. The van der Waals surface area contributed by atoms with Crippen molar-refractivity contribution in [2.75, 3.05) is 59.0 Å². The van der Waals surface area contributed by atoms with E-state index in [4.69, 9.17) is 30.8 Å². The fraction of sp³-hybridized carbons (Fsp3) is 0.370. The first kappa shape index (κ1) is 27.0. The van der Waals surface area contributed by atoms with Crippen LogP contribution in [0.25, 0.3) is 0 Å². The Morgan fingerprint density at radius 2 is 1.73 bits per heavy atom. The molecule has 196 valence electrons. The molecule has 0 N–H and O–H groups in total. The van der Waals surface area contributed by atoms with E-state index in [1.807, 2.05) is 54.4 Å². The van der Waals surface area contributed by atoms with Gasteiger partial charge in [-0.3, -0.25) is 4.79 Å². The Labute approximate surface area is 226 Å². The number of likely N-dealkylation sites (N-methyl/N-ethyl adjacent to an activating group) is 1. The number of rotatable bonds is 10. The van der Waals surface area contributed by atoms with Crippen LogP contribution in [0.15, 0.2) is 53.7 Å². The smallest absolute Gasteiger partial charge is 0.254 e. The van der Waals surface area contributed by atoms with Gasteiger partial charge in [0, 0.05) is 44.1 Å². The van der Waals surface area contributed by atoms with E-state index < -0.39 is 0 Å². The van der Waals surface area contributed by atoms with Crippen LogP contribution in [0.3, 0.4) is 0 Å². The van der Waals surface area contributed by atoms with E-state index in [0.29, 0.717) is 59.4 Å². The van der Waals surface area contributed by atoms with Crippen LogP contribution in [0.5, 0.6) is 11.5 Å². The maximum absolute atomic E-state index is 12.6. The molecule has 2 aromatic carbocycles. The van der Waals surface area contributed by atoms with Crippen molar-refractivity contribution in [3.05, 3.63) is 70.4 Å². The molecule has 2 heterocycles. The lowest BCUT2D eigenvalue weighted by Gasteiger charge is -2.26. The third kappa shape index (κ3) is 7.28. The monoisotopic (exact) mass is 542 g/mol. The molecule has 4 rings (SSSR count). The highest BCUT2D eigenvalue weighted by Gasteiger charge is 2.18. The summed E-state index contributed by atoms with van der Waals surface area (Å²) in [4.78, 5) is 25.6. The molecule has 3 aromatic rings. The SMILES string of the molecule is COc1ccc(CCN(C)c2cc(Cl)nc(SCc3ccc(C(=O)N4CCOCC4)cc3)n2)cc1OC. The average Bonchev–Trinajstić information content (AvgIpc) is 2.94. The van der Waals surface area contributed by atoms with Gasteiger partial charge in [-0.15, -0.1) is 0 Å². The number of aromatic nitrogens is 2. The molecule has 1 aliphatic heterocycles. The number of hydrogen-bond donors (Lipinski definition) is 0. The first-order valence-corrected chi connectivity index (χ1v) is 13.4. The lowest BCUT2D eigenvalue weighted by molar-refractivity contribution is 0.0303. The van der Waals surface area contributed by atoms with Crippen molar-refractivity contribution in [3.63, 3.8) is 0 Å². The van der Waals surface area contributed by atoms with Crippen molar-refractivity contribution in [3.8, 4) is 11.5 Å². The summed E-state index contributed by atoms with van der Waals surface area (Å²) in [7, 11) is 5.25. The molecular formula is C27H31ClN4O4S. The van der Waals surface area contributed by atoms with Gasteiger partial charge in [-0.2, -0.15) is 0 Å². The molecule has 8 nitrogen and oxygen atoms in total. The molecule has 10 heteroatoms. The highest BCUT2D eigenvalue weighted by molar-refractivity contribution is 7.98. The van der Waals surface area contributed by atoms with Crippen LogP contribution in [0, 0.1) is 0 Å². The normalized spacial score (nSPS) is 13.4. The summed E-state index contributed by atoms with van der Waals surface area (Å²) in [6.45, 7) is 3.19. The summed E-state index contributed by atoms with van der Waals surface area (Å²) < 4.78 is 16.1. The van der Waals surface area contributed by atoms with Crippen molar-refractivity contribution in [1.82, 2.24) is 14.9 Å². The van der Waals surface area contributed by atoms with Crippen molar-refractivity contribution in [2.24, 2.45) is 0 Å². The highest BCUT2D eigenvalue weighted by Crippen LogP contribution is 2.28. The zero-order chi connectivity index (χ0) is 26.2. The summed E-state index contributed by atoms with van der Waals surface area (Å²) in [5, 5.41) is 1.01. The first-order valence-electron chi connectivity index (χ1n) is 12.0. The van der Waals surface area contributed by atoms with Gasteiger partial charge < -0.3 is 24.0 Å². The zero-order valence-electron chi connectivity index (χ0n) is 21.3. The van der Waals surface area contributed by atoms with Gasteiger partial charge >= 0.3 is 0 Å². The number of halogens is 1. The van der Waals surface area contributed by atoms with E-state index >= 15 is 0 Å². The van der Waals surface area contributed by atoms with Crippen LogP contribution in [0.1, 0.15) is 21.5 Å². The van der Waals surface area contributed by atoms with Crippen LogP contribution < -0.4 is 14.4 Å². The van der Waals surface area contributed by atoms with Crippen molar-refractivity contribution < 1.29 is 19.0 Å². The Morgan fingerprint density at radius 1 is 1.03 bits per heavy atom. The summed E-state index contributed by atoms with van der Waals surface area (Å²) in [5.74, 6) is 2.89. The third-order valence-corrected chi connectivity index (χ3v) is 7.21. The second kappa shape index (κ2) is 13.0. The van der Waals surface area contributed by atoms with Crippen LogP contribution in [-0.4, -0.2) is 74.9 Å². The van der Waals surface area contributed by atoms with Gasteiger partial charge in [-0.1, -0.05) is 41.6 Å². The van der Waals surface area contributed by atoms with Crippen molar-refractivity contribution in [1.29, 1.82) is 0 Å². The fourth-order valence-electron chi connectivity index (χ4n) is 3.93. The number of thioether (sulfide) groups is 1. The minimum Gasteiger partial charge on any atom is -0.493 e. The Morgan fingerprint density at radius 3 is 2.43 bits per heavy atom. The molecule has 0 atom stereocenters. The fourth-order valence-corrected chi connectivity index (χ4v) is 4.97. The van der Waals surface area contributed by atoms with E-state index in [0.717, 1.165) is 29.9 Å². The number of nitrogens with zero attached hydrogens (tertiary/aromatic N) is 4. The molecule has 1 fully saturated rings. The van der Waals surface area contributed by atoms with Crippen LogP contribution >= 0.6 is 23.4 Å². The number of morpholine rings is 1. The molecule has 0 saturated carbocycles. The van der Waals surface area contributed by atoms with Gasteiger partial charge in [0.05, 0.1) is 27.4 Å². The van der Waals surface area contributed by atoms with Gasteiger partial charge in [0.1, 0.15) is 11.0 Å². The van der Waals surface area contributed by atoms with Crippen LogP contribution in [-0.2, 0) is 16.9 Å². The molecule has 1 saturated heterocycles. The maximum atomic E-state index is 12.6.